The number of fused-ring (bicyclic) bond motifs is 5. The van der Waals surface area contributed by atoms with Crippen LogP contribution in [-0.4, -0.2) is 47.7 Å². The molecule has 1 aromatic heterocycles. The molecule has 1 saturated carbocycles. The zero-order valence-electron chi connectivity index (χ0n) is 26.1. The first kappa shape index (κ1) is 30.0. The Kier molecular flexibility index (Phi) is 8.70. The van der Waals surface area contributed by atoms with Crippen LogP contribution in [0.4, 0.5) is 0 Å². The Balaban J connectivity index is 1.25. The lowest BCUT2D eigenvalue weighted by molar-refractivity contribution is 0.0136. The minimum atomic E-state index is -0.216. The molecule has 2 aromatic carbocycles. The molecule has 1 N–H and O–H groups in total. The summed E-state index contributed by atoms with van der Waals surface area (Å²) in [6, 6.07) is 13.4. The summed E-state index contributed by atoms with van der Waals surface area (Å²) in [6.07, 6.45) is 12.1. The predicted molar refractivity (Wildman–Crippen MR) is 178 cm³/mol. The highest BCUT2D eigenvalue weighted by Crippen LogP contribution is 2.52. The van der Waals surface area contributed by atoms with Crippen molar-refractivity contribution in [3.05, 3.63) is 68.2 Å². The van der Waals surface area contributed by atoms with Crippen molar-refractivity contribution in [2.45, 2.75) is 96.3 Å². The number of nitrogens with one attached hydrogen (secondary N) is 1. The topological polar surface area (TPSA) is 50.2 Å². The number of halogens is 1. The zero-order chi connectivity index (χ0) is 29.5. The minimum absolute atomic E-state index is 0.122. The van der Waals surface area contributed by atoms with Crippen LogP contribution in [0.1, 0.15) is 108 Å². The quantitative estimate of drug-likeness (QED) is 0.233. The van der Waals surface area contributed by atoms with Crippen LogP contribution in [-0.2, 0) is 5.41 Å². The van der Waals surface area contributed by atoms with Gasteiger partial charge in [-0.1, -0.05) is 58.2 Å². The van der Waals surface area contributed by atoms with Gasteiger partial charge in [0.1, 0.15) is 5.82 Å². The van der Waals surface area contributed by atoms with Gasteiger partial charge in [0.15, 0.2) is 0 Å². The monoisotopic (exact) mass is 632 g/mol. The summed E-state index contributed by atoms with van der Waals surface area (Å²) in [5.41, 5.74) is 5.26. The Bertz CT molecular complexity index is 1480. The van der Waals surface area contributed by atoms with Crippen molar-refractivity contribution in [3.63, 3.8) is 0 Å². The lowest BCUT2D eigenvalue weighted by atomic mass is 9.58. The van der Waals surface area contributed by atoms with Gasteiger partial charge in [0.2, 0.25) is 0 Å². The predicted octanol–water partition coefficient (Wildman–Crippen LogP) is 7.94. The number of rotatable bonds is 11. The Labute approximate surface area is 260 Å². The number of unbranched alkanes of at least 4 members (excludes halogenated alkanes) is 1. The molecule has 1 atom stereocenters. The van der Waals surface area contributed by atoms with Crippen molar-refractivity contribution in [2.24, 2.45) is 11.3 Å². The van der Waals surface area contributed by atoms with E-state index in [9.17, 15) is 4.79 Å². The van der Waals surface area contributed by atoms with Crippen LogP contribution in [0.25, 0.3) is 16.6 Å². The van der Waals surface area contributed by atoms with Gasteiger partial charge in [0, 0.05) is 11.0 Å². The maximum Gasteiger partial charge on any atom is 0.281 e. The van der Waals surface area contributed by atoms with Crippen LogP contribution in [0, 0.1) is 11.3 Å². The maximum atomic E-state index is 13.4. The second kappa shape index (κ2) is 12.2. The molecule has 2 aliphatic heterocycles. The molecular formula is C36H49BrN4O. The molecule has 1 saturated heterocycles. The summed E-state index contributed by atoms with van der Waals surface area (Å²) < 4.78 is 3.16. The fourth-order valence-electron chi connectivity index (χ4n) is 8.72. The first-order valence-electron chi connectivity index (χ1n) is 16.6. The molecule has 1 unspecified atom stereocenters. The molecule has 0 spiro atoms. The first-order valence-corrected chi connectivity index (χ1v) is 17.4. The van der Waals surface area contributed by atoms with Gasteiger partial charge in [0.25, 0.3) is 5.56 Å². The second-order valence-corrected chi connectivity index (χ2v) is 14.4. The van der Waals surface area contributed by atoms with Gasteiger partial charge in [-0.3, -0.25) is 9.36 Å². The van der Waals surface area contributed by atoms with E-state index in [1.807, 2.05) is 12.1 Å². The first-order chi connectivity index (χ1) is 20.4. The summed E-state index contributed by atoms with van der Waals surface area (Å²) in [5, 5.41) is 4.05. The number of hydrogen-bond donors (Lipinski definition) is 1. The van der Waals surface area contributed by atoms with Crippen molar-refractivity contribution in [2.75, 3.05) is 33.2 Å². The fourth-order valence-corrected chi connectivity index (χ4v) is 9.25. The molecule has 1 aliphatic carbocycles. The number of piperidine rings is 1. The molecule has 226 valence electrons. The third-order valence-corrected chi connectivity index (χ3v) is 12.0. The van der Waals surface area contributed by atoms with Gasteiger partial charge in [-0.05, 0) is 134 Å². The summed E-state index contributed by atoms with van der Waals surface area (Å²) in [4.78, 5) is 20.9. The highest BCUT2D eigenvalue weighted by molar-refractivity contribution is 9.10. The van der Waals surface area contributed by atoms with E-state index in [0.29, 0.717) is 16.7 Å². The molecule has 0 bridgehead atoms. The largest absolute Gasteiger partial charge is 0.320 e. The zero-order valence-corrected chi connectivity index (χ0v) is 27.7. The molecule has 42 heavy (non-hydrogen) atoms. The van der Waals surface area contributed by atoms with Crippen LogP contribution in [0.15, 0.2) is 45.7 Å². The number of nitrogens with zero attached hydrogens (tertiary/aromatic N) is 3. The van der Waals surface area contributed by atoms with E-state index in [1.54, 1.807) is 0 Å². The van der Waals surface area contributed by atoms with Crippen LogP contribution >= 0.6 is 15.9 Å². The molecule has 2 fully saturated rings. The minimum Gasteiger partial charge on any atom is -0.320 e. The van der Waals surface area contributed by atoms with E-state index in [2.05, 4.69) is 82.8 Å². The van der Waals surface area contributed by atoms with E-state index >= 15 is 0 Å². The van der Waals surface area contributed by atoms with E-state index in [-0.39, 0.29) is 11.0 Å². The second-order valence-electron chi connectivity index (χ2n) is 13.6. The van der Waals surface area contributed by atoms with Crippen LogP contribution in [0.3, 0.4) is 0 Å². The number of benzene rings is 2. The van der Waals surface area contributed by atoms with Crippen LogP contribution in [0.2, 0.25) is 0 Å². The Morgan fingerprint density at radius 3 is 2.52 bits per heavy atom. The van der Waals surface area contributed by atoms with E-state index < -0.39 is 0 Å². The van der Waals surface area contributed by atoms with E-state index in [1.165, 1.54) is 75.0 Å². The van der Waals surface area contributed by atoms with Crippen molar-refractivity contribution < 1.29 is 0 Å². The van der Waals surface area contributed by atoms with E-state index in [4.69, 9.17) is 4.98 Å². The van der Waals surface area contributed by atoms with Gasteiger partial charge < -0.3 is 10.2 Å². The van der Waals surface area contributed by atoms with E-state index in [0.717, 1.165) is 54.0 Å². The fraction of sp³-hybridized carbons (Fsp3) is 0.611. The molecule has 5 nitrogen and oxygen atoms in total. The third kappa shape index (κ3) is 5.09. The molecule has 0 amide bonds. The van der Waals surface area contributed by atoms with Crippen LogP contribution < -0.4 is 10.9 Å². The number of aromatic nitrogens is 2. The summed E-state index contributed by atoms with van der Waals surface area (Å²) in [6.45, 7) is 11.7. The lowest BCUT2D eigenvalue weighted by Crippen LogP contribution is -2.45. The molecule has 3 aromatic rings. The molecule has 6 rings (SSSR count). The maximum absolute atomic E-state index is 13.4. The average Bonchev–Trinajstić information content (AvgIpc) is 3.26. The SMILES string of the molecule is CCCCC1(CC)c2ccc(C3CCN(CC4CC(CC)(CCNC)C4)CC3)cc2-n2c1nc(=O)c1c(Br)cccc12. The Morgan fingerprint density at radius 1 is 1.05 bits per heavy atom. The molecule has 0 radical (unpaired) electrons. The Hall–Kier alpha value is -2.02. The smallest absolute Gasteiger partial charge is 0.281 e. The molecular weight excluding hydrogens is 584 g/mol. The lowest BCUT2D eigenvalue weighted by Gasteiger charge is -2.50. The van der Waals surface area contributed by atoms with Gasteiger partial charge in [-0.15, -0.1) is 0 Å². The van der Waals surface area contributed by atoms with Crippen molar-refractivity contribution in [3.8, 4) is 5.69 Å². The number of likely N-dealkylation sites (tertiary alicyclic amines) is 1. The van der Waals surface area contributed by atoms with Crippen LogP contribution in [0.5, 0.6) is 0 Å². The molecule has 3 aliphatic rings. The normalized spacial score (nSPS) is 25.9. The summed E-state index contributed by atoms with van der Waals surface area (Å²) >= 11 is 3.65. The van der Waals surface area contributed by atoms with Gasteiger partial charge in [-0.25, -0.2) is 0 Å². The number of hydrogen-bond acceptors (Lipinski definition) is 4. The third-order valence-electron chi connectivity index (χ3n) is 11.3. The molecule has 6 heteroatoms. The summed E-state index contributed by atoms with van der Waals surface area (Å²) in [5.74, 6) is 2.40. The van der Waals surface area contributed by atoms with Gasteiger partial charge in [-0.2, -0.15) is 4.98 Å². The van der Waals surface area contributed by atoms with Crippen molar-refractivity contribution in [1.29, 1.82) is 0 Å². The average molecular weight is 634 g/mol. The van der Waals surface area contributed by atoms with Gasteiger partial charge >= 0.3 is 0 Å². The molecule has 3 heterocycles. The highest BCUT2D eigenvalue weighted by Gasteiger charge is 2.45. The highest BCUT2D eigenvalue weighted by atomic mass is 79.9. The Morgan fingerprint density at radius 2 is 1.83 bits per heavy atom. The van der Waals surface area contributed by atoms with Crippen molar-refractivity contribution in [1.82, 2.24) is 19.8 Å². The van der Waals surface area contributed by atoms with Gasteiger partial charge in [0.05, 0.1) is 22.0 Å². The standard InChI is InChI=1S/C36H49BrN4O/c1-5-8-16-36(7-3)28-13-12-27(21-31(28)41-30-11-9-10-29(37)32(30)33(42)39-34(36)41)26-14-19-40(20-15-26)24-25-22-35(6-2,23-25)17-18-38-4/h9-13,21,25-26,38H,5-8,14-20,22-24H2,1-4H3. The summed E-state index contributed by atoms with van der Waals surface area (Å²) in [7, 11) is 2.08. The van der Waals surface area contributed by atoms with Crippen molar-refractivity contribution >= 4 is 26.8 Å².